The van der Waals surface area contributed by atoms with Gasteiger partial charge in [0.1, 0.15) is 0 Å². The average Bonchev–Trinajstić information content (AvgIpc) is 2.42. The standard InChI is InChI=1S/C13H14F4N2/c1-2-10(19-5-3-18-4-6-19)11-12(16)8(14)7-9(15)13(11)17/h2,7,10,18H,1,3-6H2/t10-/m1/s1. The predicted octanol–water partition coefficient (Wildman–Crippen LogP) is 2.38. The number of rotatable bonds is 3. The molecule has 0 aliphatic carbocycles. The van der Waals surface area contributed by atoms with Crippen molar-refractivity contribution in [3.63, 3.8) is 0 Å². The van der Waals surface area contributed by atoms with Crippen molar-refractivity contribution in [3.05, 3.63) is 47.6 Å². The Bertz CT molecular complexity index is 458. The van der Waals surface area contributed by atoms with Crippen LogP contribution < -0.4 is 5.32 Å². The van der Waals surface area contributed by atoms with Crippen LogP contribution in [0.3, 0.4) is 0 Å². The summed E-state index contributed by atoms with van der Waals surface area (Å²) < 4.78 is 54.0. The van der Waals surface area contributed by atoms with Crippen molar-refractivity contribution in [2.75, 3.05) is 26.2 Å². The Hall–Kier alpha value is -1.40. The Balaban J connectivity index is 2.45. The average molecular weight is 274 g/mol. The molecule has 1 heterocycles. The first kappa shape index (κ1) is 14.0. The van der Waals surface area contributed by atoms with Crippen molar-refractivity contribution in [2.24, 2.45) is 0 Å². The largest absolute Gasteiger partial charge is 0.314 e. The second-order valence-electron chi connectivity index (χ2n) is 4.35. The van der Waals surface area contributed by atoms with Gasteiger partial charge in [0, 0.05) is 32.2 Å². The van der Waals surface area contributed by atoms with E-state index in [1.54, 1.807) is 4.90 Å². The van der Waals surface area contributed by atoms with E-state index in [1.165, 1.54) is 6.08 Å². The summed E-state index contributed by atoms with van der Waals surface area (Å²) in [6.07, 6.45) is 1.30. The maximum atomic E-state index is 13.8. The molecule has 0 spiro atoms. The van der Waals surface area contributed by atoms with E-state index < -0.39 is 34.9 Å². The number of hydrogen-bond acceptors (Lipinski definition) is 2. The van der Waals surface area contributed by atoms with Gasteiger partial charge in [0.25, 0.3) is 0 Å². The van der Waals surface area contributed by atoms with Gasteiger partial charge in [0.15, 0.2) is 23.3 Å². The molecule has 1 aliphatic rings. The summed E-state index contributed by atoms with van der Waals surface area (Å²) in [4.78, 5) is 1.73. The number of halogens is 4. The van der Waals surface area contributed by atoms with Crippen molar-refractivity contribution < 1.29 is 17.6 Å². The van der Waals surface area contributed by atoms with Crippen LogP contribution in [0.2, 0.25) is 0 Å². The SMILES string of the molecule is C=C[C@H](c1c(F)c(F)cc(F)c1F)N1CCNCC1. The predicted molar refractivity (Wildman–Crippen MR) is 63.7 cm³/mol. The minimum atomic E-state index is -1.39. The van der Waals surface area contributed by atoms with E-state index in [0.717, 1.165) is 0 Å². The summed E-state index contributed by atoms with van der Waals surface area (Å²) in [6.45, 7) is 5.85. The molecule has 104 valence electrons. The normalized spacial score (nSPS) is 18.3. The molecule has 1 fully saturated rings. The number of nitrogens with zero attached hydrogens (tertiary/aromatic N) is 1. The molecule has 1 N–H and O–H groups in total. The van der Waals surface area contributed by atoms with Gasteiger partial charge >= 0.3 is 0 Å². The summed E-state index contributed by atoms with van der Waals surface area (Å²) in [7, 11) is 0. The Morgan fingerprint density at radius 2 is 1.63 bits per heavy atom. The molecule has 6 heteroatoms. The molecule has 0 bridgehead atoms. The van der Waals surface area contributed by atoms with Gasteiger partial charge in [-0.05, 0) is 0 Å². The molecule has 1 atom stereocenters. The molecular weight excluding hydrogens is 260 g/mol. The molecule has 2 nitrogen and oxygen atoms in total. The fourth-order valence-electron chi connectivity index (χ4n) is 2.26. The lowest BCUT2D eigenvalue weighted by Crippen LogP contribution is -2.45. The maximum absolute atomic E-state index is 13.8. The molecule has 1 saturated heterocycles. The number of piperazine rings is 1. The van der Waals surface area contributed by atoms with E-state index >= 15 is 0 Å². The molecule has 0 aromatic heterocycles. The highest BCUT2D eigenvalue weighted by Gasteiger charge is 2.29. The van der Waals surface area contributed by atoms with Crippen molar-refractivity contribution >= 4 is 0 Å². The van der Waals surface area contributed by atoms with Gasteiger partial charge in [-0.25, -0.2) is 17.6 Å². The highest BCUT2D eigenvalue weighted by Crippen LogP contribution is 2.30. The van der Waals surface area contributed by atoms with Gasteiger partial charge in [-0.3, -0.25) is 4.90 Å². The Morgan fingerprint density at radius 1 is 1.11 bits per heavy atom. The minimum absolute atomic E-state index is 0.214. The first-order valence-corrected chi connectivity index (χ1v) is 5.96. The smallest absolute Gasteiger partial charge is 0.167 e. The quantitative estimate of drug-likeness (QED) is 0.517. The molecular formula is C13H14F4N2. The Kier molecular flexibility index (Phi) is 4.21. The third-order valence-electron chi connectivity index (χ3n) is 3.21. The lowest BCUT2D eigenvalue weighted by atomic mass is 10.0. The van der Waals surface area contributed by atoms with Crippen LogP contribution in [0.15, 0.2) is 18.7 Å². The van der Waals surface area contributed by atoms with E-state index in [-0.39, 0.29) is 6.07 Å². The van der Waals surface area contributed by atoms with Crippen LogP contribution in [0, 0.1) is 23.3 Å². The lowest BCUT2D eigenvalue weighted by molar-refractivity contribution is 0.195. The summed E-state index contributed by atoms with van der Waals surface area (Å²) in [6, 6.07) is -0.668. The summed E-state index contributed by atoms with van der Waals surface area (Å²) in [5.41, 5.74) is -0.616. The zero-order valence-electron chi connectivity index (χ0n) is 10.2. The first-order chi connectivity index (χ1) is 9.06. The van der Waals surface area contributed by atoms with Crippen LogP contribution in [0.25, 0.3) is 0 Å². The summed E-state index contributed by atoms with van der Waals surface area (Å²) in [5, 5.41) is 3.09. The van der Waals surface area contributed by atoms with Gasteiger partial charge in [-0.2, -0.15) is 0 Å². The van der Waals surface area contributed by atoms with Gasteiger partial charge in [-0.15, -0.1) is 6.58 Å². The van der Waals surface area contributed by atoms with E-state index in [9.17, 15) is 17.6 Å². The number of hydrogen-bond donors (Lipinski definition) is 1. The second-order valence-corrected chi connectivity index (χ2v) is 4.35. The molecule has 2 rings (SSSR count). The first-order valence-electron chi connectivity index (χ1n) is 5.96. The summed E-state index contributed by atoms with van der Waals surface area (Å²) >= 11 is 0. The zero-order chi connectivity index (χ0) is 14.0. The Labute approximate surface area is 108 Å². The van der Waals surface area contributed by atoms with Crippen LogP contribution in [0.4, 0.5) is 17.6 Å². The molecule has 1 aromatic carbocycles. The topological polar surface area (TPSA) is 15.3 Å². The third kappa shape index (κ3) is 2.64. The fourth-order valence-corrected chi connectivity index (χ4v) is 2.26. The molecule has 1 aromatic rings. The van der Waals surface area contributed by atoms with Crippen molar-refractivity contribution in [2.45, 2.75) is 6.04 Å². The molecule has 0 unspecified atom stereocenters. The van der Waals surface area contributed by atoms with E-state index in [0.29, 0.717) is 26.2 Å². The summed E-state index contributed by atoms with van der Waals surface area (Å²) in [5.74, 6) is -5.50. The van der Waals surface area contributed by atoms with Crippen LogP contribution >= 0.6 is 0 Å². The van der Waals surface area contributed by atoms with Gasteiger partial charge in [0.2, 0.25) is 0 Å². The Morgan fingerprint density at radius 3 is 2.11 bits per heavy atom. The van der Waals surface area contributed by atoms with Crippen LogP contribution in [-0.2, 0) is 0 Å². The van der Waals surface area contributed by atoms with Crippen molar-refractivity contribution in [1.82, 2.24) is 10.2 Å². The van der Waals surface area contributed by atoms with E-state index in [2.05, 4.69) is 11.9 Å². The van der Waals surface area contributed by atoms with Gasteiger partial charge < -0.3 is 5.32 Å². The zero-order valence-corrected chi connectivity index (χ0v) is 10.2. The van der Waals surface area contributed by atoms with Gasteiger partial charge in [-0.1, -0.05) is 6.08 Å². The highest BCUT2D eigenvalue weighted by atomic mass is 19.2. The number of benzene rings is 1. The van der Waals surface area contributed by atoms with Crippen molar-refractivity contribution in [1.29, 1.82) is 0 Å². The van der Waals surface area contributed by atoms with E-state index in [4.69, 9.17) is 0 Å². The maximum Gasteiger partial charge on any atom is 0.167 e. The molecule has 1 aliphatic heterocycles. The highest BCUT2D eigenvalue weighted by molar-refractivity contribution is 5.28. The van der Waals surface area contributed by atoms with Crippen LogP contribution in [0.5, 0.6) is 0 Å². The molecule has 19 heavy (non-hydrogen) atoms. The minimum Gasteiger partial charge on any atom is -0.314 e. The van der Waals surface area contributed by atoms with Gasteiger partial charge in [0.05, 0.1) is 11.6 Å². The third-order valence-corrected chi connectivity index (χ3v) is 3.21. The van der Waals surface area contributed by atoms with Crippen LogP contribution in [0.1, 0.15) is 11.6 Å². The molecule has 0 amide bonds. The fraction of sp³-hybridized carbons (Fsp3) is 0.385. The monoisotopic (exact) mass is 274 g/mol. The van der Waals surface area contributed by atoms with Crippen LogP contribution in [-0.4, -0.2) is 31.1 Å². The second kappa shape index (κ2) is 5.71. The number of nitrogens with one attached hydrogen (secondary N) is 1. The lowest BCUT2D eigenvalue weighted by Gasteiger charge is -2.33. The molecule has 0 radical (unpaired) electrons. The van der Waals surface area contributed by atoms with Crippen molar-refractivity contribution in [3.8, 4) is 0 Å². The van der Waals surface area contributed by atoms with E-state index in [1.807, 2.05) is 0 Å². The molecule has 0 saturated carbocycles.